The fraction of sp³-hybridized carbons (Fsp3) is 0.636. The quantitative estimate of drug-likeness (QED) is 0.708. The van der Waals surface area contributed by atoms with Gasteiger partial charge >= 0.3 is 0 Å². The average molecular weight is 219 g/mol. The van der Waals surface area contributed by atoms with Crippen LogP contribution in [0.25, 0.3) is 0 Å². The van der Waals surface area contributed by atoms with Crippen molar-refractivity contribution in [1.29, 1.82) is 0 Å². The van der Waals surface area contributed by atoms with Crippen molar-refractivity contribution in [3.8, 4) is 0 Å². The van der Waals surface area contributed by atoms with Crippen molar-refractivity contribution in [2.24, 2.45) is 5.92 Å². The van der Waals surface area contributed by atoms with E-state index in [1.807, 2.05) is 6.07 Å². The van der Waals surface area contributed by atoms with Gasteiger partial charge in [0.05, 0.1) is 0 Å². The third-order valence-corrected chi connectivity index (χ3v) is 3.58. The van der Waals surface area contributed by atoms with Gasteiger partial charge in [0.2, 0.25) is 5.95 Å². The maximum absolute atomic E-state index is 5.61. The van der Waals surface area contributed by atoms with Crippen LogP contribution in [0.5, 0.6) is 0 Å². The number of fused-ring (bicyclic) bond motifs is 1. The molecule has 5 nitrogen and oxygen atoms in total. The smallest absolute Gasteiger partial charge is 0.221 e. The Labute approximate surface area is 95.1 Å². The van der Waals surface area contributed by atoms with Crippen molar-refractivity contribution >= 4 is 11.8 Å². The molecule has 86 valence electrons. The number of aromatic nitrogens is 2. The number of nitrogens with one attached hydrogen (secondary N) is 1. The molecule has 3 heterocycles. The van der Waals surface area contributed by atoms with Crippen molar-refractivity contribution in [3.05, 3.63) is 12.3 Å². The van der Waals surface area contributed by atoms with Crippen LogP contribution in [0.2, 0.25) is 0 Å². The van der Waals surface area contributed by atoms with Crippen LogP contribution >= 0.6 is 0 Å². The Bertz CT molecular complexity index is 366. The molecule has 0 amide bonds. The predicted molar refractivity (Wildman–Crippen MR) is 63.2 cm³/mol. The Hall–Kier alpha value is -1.36. The monoisotopic (exact) mass is 219 g/mol. The van der Waals surface area contributed by atoms with Crippen LogP contribution in [0.15, 0.2) is 12.3 Å². The highest BCUT2D eigenvalue weighted by molar-refractivity contribution is 5.42. The van der Waals surface area contributed by atoms with Gasteiger partial charge in [-0.2, -0.15) is 4.98 Å². The van der Waals surface area contributed by atoms with Crippen LogP contribution in [0.3, 0.4) is 0 Å². The first kappa shape index (κ1) is 9.84. The molecule has 0 aliphatic carbocycles. The molecule has 1 aromatic rings. The Balaban J connectivity index is 1.77. The number of piperidine rings is 1. The molecule has 3 N–H and O–H groups in total. The second kappa shape index (κ2) is 3.90. The van der Waals surface area contributed by atoms with Gasteiger partial charge < -0.3 is 16.0 Å². The van der Waals surface area contributed by atoms with Crippen molar-refractivity contribution in [1.82, 2.24) is 15.3 Å². The van der Waals surface area contributed by atoms with E-state index in [4.69, 9.17) is 5.73 Å². The standard InChI is InChI=1S/C11H17N5/c12-11-14-5-3-10(15-11)16-6-8-2-1-4-13-9(8)7-16/h3,5,8-9,13H,1-2,4,6-7H2,(H2,12,14,15)/t8-,9+/m1/s1. The number of rotatable bonds is 1. The van der Waals surface area contributed by atoms with Crippen LogP contribution in [0.4, 0.5) is 11.8 Å². The normalized spacial score (nSPS) is 29.1. The van der Waals surface area contributed by atoms with Gasteiger partial charge in [-0.1, -0.05) is 0 Å². The van der Waals surface area contributed by atoms with Crippen molar-refractivity contribution in [2.45, 2.75) is 18.9 Å². The van der Waals surface area contributed by atoms with Crippen molar-refractivity contribution in [2.75, 3.05) is 30.3 Å². The zero-order valence-electron chi connectivity index (χ0n) is 9.26. The highest BCUT2D eigenvalue weighted by atomic mass is 15.3. The predicted octanol–water partition coefficient (Wildman–Crippen LogP) is 0.247. The summed E-state index contributed by atoms with van der Waals surface area (Å²) >= 11 is 0. The molecule has 0 spiro atoms. The summed E-state index contributed by atoms with van der Waals surface area (Å²) in [7, 11) is 0. The van der Waals surface area contributed by atoms with Crippen LogP contribution in [-0.4, -0.2) is 35.6 Å². The third-order valence-electron chi connectivity index (χ3n) is 3.58. The van der Waals surface area contributed by atoms with E-state index in [9.17, 15) is 0 Å². The van der Waals surface area contributed by atoms with Gasteiger partial charge in [0, 0.05) is 25.3 Å². The molecule has 0 radical (unpaired) electrons. The lowest BCUT2D eigenvalue weighted by molar-refractivity contribution is 0.340. The SMILES string of the molecule is Nc1nccc(N2C[C@H]3CCCN[C@H]3C2)n1. The lowest BCUT2D eigenvalue weighted by Crippen LogP contribution is -2.40. The van der Waals surface area contributed by atoms with E-state index in [1.165, 1.54) is 12.8 Å². The molecule has 0 saturated carbocycles. The van der Waals surface area contributed by atoms with E-state index in [-0.39, 0.29) is 0 Å². The summed E-state index contributed by atoms with van der Waals surface area (Å²) in [6.07, 6.45) is 4.35. The van der Waals surface area contributed by atoms with Crippen LogP contribution in [0.1, 0.15) is 12.8 Å². The average Bonchev–Trinajstić information content (AvgIpc) is 2.72. The van der Waals surface area contributed by atoms with E-state index < -0.39 is 0 Å². The Morgan fingerprint density at radius 3 is 3.19 bits per heavy atom. The molecule has 2 fully saturated rings. The molecule has 2 aliphatic rings. The maximum atomic E-state index is 5.61. The van der Waals surface area contributed by atoms with E-state index in [2.05, 4.69) is 20.2 Å². The largest absolute Gasteiger partial charge is 0.368 e. The number of nitrogens with two attached hydrogens (primary N) is 1. The first-order valence-electron chi connectivity index (χ1n) is 5.90. The number of nitrogens with zero attached hydrogens (tertiary/aromatic N) is 3. The fourth-order valence-electron chi connectivity index (χ4n) is 2.77. The minimum absolute atomic E-state index is 0.361. The number of hydrogen-bond donors (Lipinski definition) is 2. The van der Waals surface area contributed by atoms with Crippen LogP contribution < -0.4 is 16.0 Å². The lowest BCUT2D eigenvalue weighted by Gasteiger charge is -2.24. The molecule has 16 heavy (non-hydrogen) atoms. The summed E-state index contributed by atoms with van der Waals surface area (Å²) in [5.74, 6) is 2.09. The molecule has 2 atom stereocenters. The first-order chi connectivity index (χ1) is 7.83. The molecular weight excluding hydrogens is 202 g/mol. The van der Waals surface area contributed by atoms with Crippen LogP contribution in [-0.2, 0) is 0 Å². The molecular formula is C11H17N5. The zero-order chi connectivity index (χ0) is 11.0. The van der Waals surface area contributed by atoms with Gasteiger partial charge in [0.1, 0.15) is 5.82 Å². The second-order valence-corrected chi connectivity index (χ2v) is 4.64. The molecule has 2 saturated heterocycles. The van der Waals surface area contributed by atoms with Gasteiger partial charge in [0.25, 0.3) is 0 Å². The molecule has 0 aromatic carbocycles. The number of nitrogen functional groups attached to an aromatic ring is 1. The zero-order valence-corrected chi connectivity index (χ0v) is 9.26. The first-order valence-corrected chi connectivity index (χ1v) is 5.90. The highest BCUT2D eigenvalue weighted by Gasteiger charge is 2.34. The number of anilines is 2. The fourth-order valence-corrected chi connectivity index (χ4v) is 2.77. The van der Waals surface area contributed by atoms with Gasteiger partial charge in [-0.15, -0.1) is 0 Å². The molecule has 3 rings (SSSR count). The van der Waals surface area contributed by atoms with E-state index in [0.29, 0.717) is 12.0 Å². The molecule has 0 bridgehead atoms. The number of hydrogen-bond acceptors (Lipinski definition) is 5. The Morgan fingerprint density at radius 1 is 1.44 bits per heavy atom. The summed E-state index contributed by atoms with van der Waals surface area (Å²) < 4.78 is 0. The van der Waals surface area contributed by atoms with Gasteiger partial charge in [-0.25, -0.2) is 4.98 Å². The topological polar surface area (TPSA) is 67.1 Å². The summed E-state index contributed by atoms with van der Waals surface area (Å²) in [5.41, 5.74) is 5.61. The summed E-state index contributed by atoms with van der Waals surface area (Å²) in [6.45, 7) is 3.29. The van der Waals surface area contributed by atoms with E-state index >= 15 is 0 Å². The van der Waals surface area contributed by atoms with Crippen LogP contribution in [0, 0.1) is 5.92 Å². The Morgan fingerprint density at radius 2 is 2.38 bits per heavy atom. The molecule has 2 aliphatic heterocycles. The summed E-state index contributed by atoms with van der Waals surface area (Å²) in [6, 6.07) is 2.57. The molecule has 5 heteroatoms. The van der Waals surface area contributed by atoms with Gasteiger partial charge in [-0.3, -0.25) is 0 Å². The van der Waals surface area contributed by atoms with Crippen molar-refractivity contribution < 1.29 is 0 Å². The van der Waals surface area contributed by atoms with Gasteiger partial charge in [0.15, 0.2) is 0 Å². The molecule has 1 aromatic heterocycles. The minimum atomic E-state index is 0.361. The summed E-state index contributed by atoms with van der Waals surface area (Å²) in [4.78, 5) is 10.5. The lowest BCUT2D eigenvalue weighted by atomic mass is 9.94. The highest BCUT2D eigenvalue weighted by Crippen LogP contribution is 2.27. The van der Waals surface area contributed by atoms with Gasteiger partial charge in [-0.05, 0) is 31.4 Å². The van der Waals surface area contributed by atoms with E-state index in [0.717, 1.165) is 31.4 Å². The Kier molecular flexibility index (Phi) is 2.40. The minimum Gasteiger partial charge on any atom is -0.368 e. The van der Waals surface area contributed by atoms with Crippen molar-refractivity contribution in [3.63, 3.8) is 0 Å². The maximum Gasteiger partial charge on any atom is 0.221 e. The third kappa shape index (κ3) is 1.71. The summed E-state index contributed by atoms with van der Waals surface area (Å²) in [5, 5.41) is 3.58. The second-order valence-electron chi connectivity index (χ2n) is 4.64. The van der Waals surface area contributed by atoms with E-state index in [1.54, 1.807) is 6.20 Å². The molecule has 0 unspecified atom stereocenters.